The maximum atomic E-state index is 13.5. The van der Waals surface area contributed by atoms with Crippen LogP contribution < -0.4 is 0 Å². The van der Waals surface area contributed by atoms with E-state index in [0.717, 1.165) is 12.1 Å². The number of hydrogen-bond acceptors (Lipinski definition) is 3. The van der Waals surface area contributed by atoms with E-state index in [1.54, 1.807) is 0 Å². The first kappa shape index (κ1) is 12.7. The van der Waals surface area contributed by atoms with Crippen LogP contribution in [0.25, 0.3) is 0 Å². The van der Waals surface area contributed by atoms with Gasteiger partial charge in [-0.3, -0.25) is 0 Å². The number of nitrogens with zero attached hydrogens (tertiary/aromatic N) is 1. The first-order valence-corrected chi connectivity index (χ1v) is 5.54. The zero-order valence-corrected chi connectivity index (χ0v) is 10.3. The molecule has 3 nitrogen and oxygen atoms in total. The van der Waals surface area contributed by atoms with E-state index in [1.807, 2.05) is 20.8 Å². The molecule has 0 fully saturated rings. The monoisotopic (exact) mass is 253 g/mol. The minimum atomic E-state index is -0.795. The highest BCUT2D eigenvalue weighted by Gasteiger charge is 2.39. The molecule has 5 heteroatoms. The average Bonchev–Trinajstić information content (AvgIpc) is 2.59. The molecule has 0 aromatic heterocycles. The van der Waals surface area contributed by atoms with Crippen LogP contribution in [0.1, 0.15) is 26.3 Å². The minimum Gasteiger partial charge on any atom is -0.405 e. The van der Waals surface area contributed by atoms with Crippen molar-refractivity contribution in [1.82, 2.24) is 0 Å². The van der Waals surface area contributed by atoms with Gasteiger partial charge in [0.15, 0.2) is 6.04 Å². The predicted octanol–water partition coefficient (Wildman–Crippen LogP) is 2.68. The summed E-state index contributed by atoms with van der Waals surface area (Å²) < 4.78 is 31.3. The van der Waals surface area contributed by atoms with Crippen LogP contribution in [-0.2, 0) is 9.53 Å². The van der Waals surface area contributed by atoms with Crippen molar-refractivity contribution in [1.29, 1.82) is 0 Å². The van der Waals surface area contributed by atoms with Gasteiger partial charge in [-0.1, -0.05) is 20.8 Å². The maximum absolute atomic E-state index is 13.5. The molecule has 1 heterocycles. The molecule has 18 heavy (non-hydrogen) atoms. The largest absolute Gasteiger partial charge is 0.405 e. The lowest BCUT2D eigenvalue weighted by Gasteiger charge is -2.20. The summed E-state index contributed by atoms with van der Waals surface area (Å²) in [6.45, 7) is 5.52. The van der Waals surface area contributed by atoms with Gasteiger partial charge in [0.25, 0.3) is 0 Å². The van der Waals surface area contributed by atoms with E-state index >= 15 is 0 Å². The van der Waals surface area contributed by atoms with Crippen molar-refractivity contribution in [2.75, 3.05) is 0 Å². The first-order chi connectivity index (χ1) is 8.29. The fourth-order valence-corrected chi connectivity index (χ4v) is 1.68. The Kier molecular flexibility index (Phi) is 2.92. The number of carbonyl (C=O) groups excluding carboxylic acids is 1. The molecular formula is C13H13F2NO2. The highest BCUT2D eigenvalue weighted by molar-refractivity contribution is 6.06. The molecule has 0 radical (unpaired) electrons. The van der Waals surface area contributed by atoms with E-state index in [9.17, 15) is 13.6 Å². The van der Waals surface area contributed by atoms with Crippen LogP contribution in [0.5, 0.6) is 0 Å². The van der Waals surface area contributed by atoms with Gasteiger partial charge in [-0.2, -0.15) is 0 Å². The highest BCUT2D eigenvalue weighted by atomic mass is 19.1. The number of rotatable bonds is 1. The molecule has 1 aromatic rings. The highest BCUT2D eigenvalue weighted by Crippen LogP contribution is 2.28. The molecule has 1 aliphatic rings. The SMILES string of the molecule is CC(C)(C)C1N=C(c2ccc(F)cc2F)OC1=O. The second-order valence-electron chi connectivity index (χ2n) is 5.25. The summed E-state index contributed by atoms with van der Waals surface area (Å²) >= 11 is 0. The molecule has 0 saturated carbocycles. The lowest BCUT2D eigenvalue weighted by atomic mass is 9.87. The third kappa shape index (κ3) is 2.25. The van der Waals surface area contributed by atoms with Crippen molar-refractivity contribution in [2.45, 2.75) is 26.8 Å². The molecule has 0 bridgehead atoms. The Hall–Kier alpha value is -1.78. The van der Waals surface area contributed by atoms with Crippen molar-refractivity contribution >= 4 is 11.9 Å². The Labute approximate surface area is 103 Å². The molecule has 2 rings (SSSR count). The van der Waals surface area contributed by atoms with Gasteiger partial charge >= 0.3 is 5.97 Å². The van der Waals surface area contributed by atoms with Gasteiger partial charge in [0.05, 0.1) is 5.56 Å². The first-order valence-electron chi connectivity index (χ1n) is 5.54. The van der Waals surface area contributed by atoms with Crippen molar-refractivity contribution < 1.29 is 18.3 Å². The fourth-order valence-electron chi connectivity index (χ4n) is 1.68. The summed E-state index contributed by atoms with van der Waals surface area (Å²) in [7, 11) is 0. The smallest absolute Gasteiger partial charge is 0.338 e. The number of carbonyl (C=O) groups is 1. The molecule has 0 amide bonds. The number of aliphatic imine (C=N–C) groups is 1. The van der Waals surface area contributed by atoms with E-state index in [4.69, 9.17) is 4.74 Å². The number of cyclic esters (lactones) is 1. The normalized spacial score (nSPS) is 19.7. The summed E-state index contributed by atoms with van der Waals surface area (Å²) in [6, 6.07) is 2.37. The summed E-state index contributed by atoms with van der Waals surface area (Å²) in [6.07, 6.45) is 0. The van der Waals surface area contributed by atoms with E-state index in [2.05, 4.69) is 4.99 Å². The van der Waals surface area contributed by atoms with Gasteiger partial charge in [0.1, 0.15) is 11.6 Å². The summed E-state index contributed by atoms with van der Waals surface area (Å²) in [5, 5.41) is 0. The van der Waals surface area contributed by atoms with Crippen LogP contribution >= 0.6 is 0 Å². The Morgan fingerprint density at radius 2 is 1.94 bits per heavy atom. The molecule has 0 spiro atoms. The van der Waals surface area contributed by atoms with Crippen LogP contribution in [0.15, 0.2) is 23.2 Å². The third-order valence-corrected chi connectivity index (χ3v) is 2.65. The van der Waals surface area contributed by atoms with Gasteiger partial charge in [0, 0.05) is 6.07 Å². The Morgan fingerprint density at radius 1 is 1.28 bits per heavy atom. The maximum Gasteiger partial charge on any atom is 0.338 e. The summed E-state index contributed by atoms with van der Waals surface area (Å²) in [4.78, 5) is 15.7. The fraction of sp³-hybridized carbons (Fsp3) is 0.385. The van der Waals surface area contributed by atoms with Gasteiger partial charge in [-0.25, -0.2) is 18.6 Å². The summed E-state index contributed by atoms with van der Waals surface area (Å²) in [5.74, 6) is -2.08. The van der Waals surface area contributed by atoms with Crippen molar-refractivity contribution in [3.05, 3.63) is 35.4 Å². The Balaban J connectivity index is 2.39. The second kappa shape index (κ2) is 4.15. The van der Waals surface area contributed by atoms with Crippen LogP contribution in [-0.4, -0.2) is 17.9 Å². The van der Waals surface area contributed by atoms with Crippen LogP contribution in [0.2, 0.25) is 0 Å². The Morgan fingerprint density at radius 3 is 2.44 bits per heavy atom. The second-order valence-corrected chi connectivity index (χ2v) is 5.25. The van der Waals surface area contributed by atoms with E-state index in [1.165, 1.54) is 6.07 Å². The van der Waals surface area contributed by atoms with E-state index in [0.29, 0.717) is 0 Å². The molecule has 0 aliphatic carbocycles. The average molecular weight is 253 g/mol. The van der Waals surface area contributed by atoms with Gasteiger partial charge in [-0.15, -0.1) is 0 Å². The summed E-state index contributed by atoms with van der Waals surface area (Å²) in [5.41, 5.74) is -0.411. The third-order valence-electron chi connectivity index (χ3n) is 2.65. The zero-order chi connectivity index (χ0) is 13.5. The quantitative estimate of drug-likeness (QED) is 0.722. The number of hydrogen-bond donors (Lipinski definition) is 0. The molecule has 0 N–H and O–H groups in total. The van der Waals surface area contributed by atoms with Crippen LogP contribution in [0.3, 0.4) is 0 Å². The molecule has 1 aliphatic heterocycles. The standard InChI is InChI=1S/C13H13F2NO2/c1-13(2,3)10-12(17)18-11(16-10)8-5-4-7(14)6-9(8)15/h4-6,10H,1-3H3. The van der Waals surface area contributed by atoms with E-state index < -0.39 is 29.1 Å². The lowest BCUT2D eigenvalue weighted by molar-refractivity contribution is -0.137. The van der Waals surface area contributed by atoms with Crippen LogP contribution in [0, 0.1) is 17.0 Å². The molecular weight excluding hydrogens is 240 g/mol. The lowest BCUT2D eigenvalue weighted by Crippen LogP contribution is -2.30. The van der Waals surface area contributed by atoms with Gasteiger partial charge < -0.3 is 4.74 Å². The molecule has 1 atom stereocenters. The molecule has 1 aromatic carbocycles. The molecule has 1 unspecified atom stereocenters. The predicted molar refractivity (Wildman–Crippen MR) is 62.2 cm³/mol. The van der Waals surface area contributed by atoms with Crippen LogP contribution in [0.4, 0.5) is 8.78 Å². The number of halogens is 2. The number of benzene rings is 1. The van der Waals surface area contributed by atoms with Crippen molar-refractivity contribution in [2.24, 2.45) is 10.4 Å². The van der Waals surface area contributed by atoms with Crippen molar-refractivity contribution in [3.8, 4) is 0 Å². The molecule has 96 valence electrons. The van der Waals surface area contributed by atoms with Crippen molar-refractivity contribution in [3.63, 3.8) is 0 Å². The zero-order valence-electron chi connectivity index (χ0n) is 10.3. The topological polar surface area (TPSA) is 38.7 Å². The Bertz CT molecular complexity index is 532. The number of esters is 1. The van der Waals surface area contributed by atoms with Gasteiger partial charge in [0.2, 0.25) is 5.90 Å². The number of ether oxygens (including phenoxy) is 1. The van der Waals surface area contributed by atoms with Gasteiger partial charge in [-0.05, 0) is 17.5 Å². The minimum absolute atomic E-state index is 0.00324. The van der Waals surface area contributed by atoms with E-state index in [-0.39, 0.29) is 11.5 Å². The molecule has 0 saturated heterocycles.